The van der Waals surface area contributed by atoms with E-state index in [1.165, 1.54) is 7.11 Å². The Hall–Kier alpha value is -1.37. The molecule has 0 radical (unpaired) electrons. The maximum atomic E-state index is 13.6. The number of alkyl halides is 2. The SMILES string of the molecule is CCCC(F)(F)C(=O)CCC[C@H]1[C@H](O)CC(=O)[C@@H]1CCCCCCC(=O)OC. The van der Waals surface area contributed by atoms with E-state index < -0.39 is 24.2 Å². The Kier molecular flexibility index (Phi) is 10.8. The molecule has 1 aliphatic rings. The zero-order valence-electron chi connectivity index (χ0n) is 17.1. The largest absolute Gasteiger partial charge is 0.469 e. The van der Waals surface area contributed by atoms with E-state index in [9.17, 15) is 28.3 Å². The summed E-state index contributed by atoms with van der Waals surface area (Å²) in [6.07, 6.45) is 3.97. The van der Waals surface area contributed by atoms with Crippen LogP contribution in [0.3, 0.4) is 0 Å². The van der Waals surface area contributed by atoms with Gasteiger partial charge in [-0.15, -0.1) is 0 Å². The van der Waals surface area contributed by atoms with Gasteiger partial charge in [0.25, 0.3) is 0 Å². The third kappa shape index (κ3) is 7.94. The lowest BCUT2D eigenvalue weighted by atomic mass is 9.85. The van der Waals surface area contributed by atoms with E-state index in [2.05, 4.69) is 4.74 Å². The fraction of sp³-hybridized carbons (Fsp3) is 0.857. The normalized spacial score (nSPS) is 22.5. The number of methoxy groups -OCH3 is 1. The minimum absolute atomic E-state index is 0.0229. The van der Waals surface area contributed by atoms with Crippen LogP contribution in [0.5, 0.6) is 0 Å². The number of carbonyl (C=O) groups excluding carboxylic acids is 3. The maximum absolute atomic E-state index is 13.6. The molecule has 1 saturated carbocycles. The molecule has 0 spiro atoms. The molecule has 1 fully saturated rings. The summed E-state index contributed by atoms with van der Waals surface area (Å²) in [5.74, 6) is -5.04. The Morgan fingerprint density at radius 2 is 1.79 bits per heavy atom. The Bertz CT molecular complexity index is 521. The average molecular weight is 404 g/mol. The highest BCUT2D eigenvalue weighted by molar-refractivity contribution is 5.85. The number of rotatable bonds is 14. The monoisotopic (exact) mass is 404 g/mol. The molecule has 0 saturated heterocycles. The maximum Gasteiger partial charge on any atom is 0.305 e. The zero-order valence-corrected chi connectivity index (χ0v) is 17.1. The van der Waals surface area contributed by atoms with Gasteiger partial charge in [-0.25, -0.2) is 0 Å². The first kappa shape index (κ1) is 24.7. The summed E-state index contributed by atoms with van der Waals surface area (Å²) in [6, 6.07) is 0. The van der Waals surface area contributed by atoms with Crippen molar-refractivity contribution in [2.24, 2.45) is 11.8 Å². The van der Waals surface area contributed by atoms with Gasteiger partial charge >= 0.3 is 11.9 Å². The number of hydrogen-bond acceptors (Lipinski definition) is 5. The molecule has 1 aliphatic carbocycles. The summed E-state index contributed by atoms with van der Waals surface area (Å²) in [5.41, 5.74) is 0. The summed E-state index contributed by atoms with van der Waals surface area (Å²) >= 11 is 0. The fourth-order valence-corrected chi connectivity index (χ4v) is 4.01. The second kappa shape index (κ2) is 12.2. The highest BCUT2D eigenvalue weighted by Crippen LogP contribution is 2.37. The summed E-state index contributed by atoms with van der Waals surface area (Å²) in [6.45, 7) is 1.61. The number of aliphatic hydroxyl groups is 1. The van der Waals surface area contributed by atoms with Gasteiger partial charge in [-0.1, -0.05) is 26.2 Å². The number of ketones is 2. The molecule has 0 aromatic carbocycles. The van der Waals surface area contributed by atoms with Crippen LogP contribution in [0.2, 0.25) is 0 Å². The molecular formula is C21H34F2O5. The Labute approximate surface area is 166 Å². The number of Topliss-reactive ketones (excluding diaryl/α,β-unsaturated/α-hetero) is 2. The molecule has 0 unspecified atom stereocenters. The highest BCUT2D eigenvalue weighted by atomic mass is 19.3. The molecule has 3 atom stereocenters. The number of hydrogen-bond donors (Lipinski definition) is 1. The molecule has 7 heteroatoms. The first-order chi connectivity index (χ1) is 13.2. The average Bonchev–Trinajstić information content (AvgIpc) is 2.90. The van der Waals surface area contributed by atoms with Crippen LogP contribution in [-0.2, 0) is 19.1 Å². The Balaban J connectivity index is 2.37. The lowest BCUT2D eigenvalue weighted by Gasteiger charge is -2.21. The minimum atomic E-state index is -3.28. The summed E-state index contributed by atoms with van der Waals surface area (Å²) in [5, 5.41) is 10.2. The van der Waals surface area contributed by atoms with Crippen molar-refractivity contribution in [1.29, 1.82) is 0 Å². The van der Waals surface area contributed by atoms with Gasteiger partial charge in [0.15, 0.2) is 0 Å². The number of unbranched alkanes of at least 4 members (excludes halogenated alkanes) is 3. The predicted molar refractivity (Wildman–Crippen MR) is 101 cm³/mol. The molecular weight excluding hydrogens is 370 g/mol. The lowest BCUT2D eigenvalue weighted by molar-refractivity contribution is -0.144. The van der Waals surface area contributed by atoms with Gasteiger partial charge in [-0.2, -0.15) is 8.78 Å². The van der Waals surface area contributed by atoms with E-state index in [-0.39, 0.29) is 49.3 Å². The van der Waals surface area contributed by atoms with Gasteiger partial charge in [0.1, 0.15) is 5.78 Å². The molecule has 162 valence electrons. The third-order valence-corrected chi connectivity index (χ3v) is 5.62. The standard InChI is InChI=1S/C21H34F2O5/c1-3-13-21(22,23)19(26)11-8-10-16-15(17(24)14-18(16)25)9-6-4-5-7-12-20(27)28-2/h15-16,18,25H,3-14H2,1-2H3/t15-,16-,18-/m1/s1. The van der Waals surface area contributed by atoms with Gasteiger partial charge in [0, 0.05) is 31.6 Å². The smallest absolute Gasteiger partial charge is 0.305 e. The molecule has 0 aromatic heterocycles. The third-order valence-electron chi connectivity index (χ3n) is 5.62. The number of ether oxygens (including phenoxy) is 1. The molecule has 1 N–H and O–H groups in total. The molecule has 0 amide bonds. The van der Waals surface area contributed by atoms with Gasteiger partial charge in [-0.05, 0) is 38.0 Å². The van der Waals surface area contributed by atoms with Crippen molar-refractivity contribution < 1.29 is 33.0 Å². The van der Waals surface area contributed by atoms with Crippen LogP contribution in [0.4, 0.5) is 8.78 Å². The van der Waals surface area contributed by atoms with Crippen molar-refractivity contribution in [1.82, 2.24) is 0 Å². The molecule has 0 bridgehead atoms. The van der Waals surface area contributed by atoms with E-state index in [1.807, 2.05) is 0 Å². The second-order valence-corrected chi connectivity index (χ2v) is 7.81. The van der Waals surface area contributed by atoms with Crippen molar-refractivity contribution >= 4 is 17.5 Å². The number of carbonyl (C=O) groups is 3. The first-order valence-electron chi connectivity index (χ1n) is 10.4. The van der Waals surface area contributed by atoms with Crippen molar-refractivity contribution in [2.75, 3.05) is 7.11 Å². The van der Waals surface area contributed by atoms with E-state index in [1.54, 1.807) is 6.92 Å². The first-order valence-corrected chi connectivity index (χ1v) is 10.4. The van der Waals surface area contributed by atoms with Crippen LogP contribution in [0.15, 0.2) is 0 Å². The molecule has 5 nitrogen and oxygen atoms in total. The van der Waals surface area contributed by atoms with Crippen LogP contribution in [0, 0.1) is 11.8 Å². The number of halogens is 2. The summed E-state index contributed by atoms with van der Waals surface area (Å²) in [4.78, 5) is 34.9. The molecule has 0 aliphatic heterocycles. The summed E-state index contributed by atoms with van der Waals surface area (Å²) in [7, 11) is 1.36. The van der Waals surface area contributed by atoms with Crippen molar-refractivity contribution in [3.63, 3.8) is 0 Å². The highest BCUT2D eigenvalue weighted by Gasteiger charge is 2.41. The van der Waals surface area contributed by atoms with Gasteiger partial charge in [0.05, 0.1) is 13.2 Å². The van der Waals surface area contributed by atoms with E-state index in [0.717, 1.165) is 25.7 Å². The number of aliphatic hydroxyl groups excluding tert-OH is 1. The topological polar surface area (TPSA) is 80.7 Å². The quantitative estimate of drug-likeness (QED) is 0.346. The molecule has 28 heavy (non-hydrogen) atoms. The minimum Gasteiger partial charge on any atom is -0.469 e. The van der Waals surface area contributed by atoms with Crippen molar-refractivity contribution in [3.05, 3.63) is 0 Å². The summed E-state index contributed by atoms with van der Waals surface area (Å²) < 4.78 is 31.8. The van der Waals surface area contributed by atoms with Gasteiger partial charge in [-0.3, -0.25) is 14.4 Å². The Morgan fingerprint density at radius 3 is 2.43 bits per heavy atom. The molecule has 0 aromatic rings. The Morgan fingerprint density at radius 1 is 1.11 bits per heavy atom. The zero-order chi connectivity index (χ0) is 21.2. The van der Waals surface area contributed by atoms with Crippen LogP contribution >= 0.6 is 0 Å². The van der Waals surface area contributed by atoms with Gasteiger partial charge in [0.2, 0.25) is 5.78 Å². The van der Waals surface area contributed by atoms with E-state index in [4.69, 9.17) is 0 Å². The van der Waals surface area contributed by atoms with Gasteiger partial charge < -0.3 is 9.84 Å². The lowest BCUT2D eigenvalue weighted by Crippen LogP contribution is -2.28. The second-order valence-electron chi connectivity index (χ2n) is 7.81. The number of esters is 1. The van der Waals surface area contributed by atoms with Crippen LogP contribution in [0.1, 0.15) is 84.0 Å². The van der Waals surface area contributed by atoms with Crippen LogP contribution in [-0.4, -0.2) is 41.8 Å². The molecule has 1 rings (SSSR count). The van der Waals surface area contributed by atoms with Crippen LogP contribution < -0.4 is 0 Å². The van der Waals surface area contributed by atoms with Crippen LogP contribution in [0.25, 0.3) is 0 Å². The predicted octanol–water partition coefficient (Wildman–Crippen LogP) is 4.24. The van der Waals surface area contributed by atoms with E-state index in [0.29, 0.717) is 19.3 Å². The molecule has 0 heterocycles. The van der Waals surface area contributed by atoms with E-state index >= 15 is 0 Å². The van der Waals surface area contributed by atoms with Crippen molar-refractivity contribution in [2.45, 2.75) is 96.0 Å². The fourth-order valence-electron chi connectivity index (χ4n) is 4.01. The van der Waals surface area contributed by atoms with Crippen molar-refractivity contribution in [3.8, 4) is 0 Å².